The maximum Gasteiger partial charge on any atom is 0.221 e. The fraction of sp³-hybridized carbons (Fsp3) is 0.310. The summed E-state index contributed by atoms with van der Waals surface area (Å²) < 4.78 is 5.87. The molecule has 170 valence electrons. The molecule has 1 unspecified atom stereocenters. The lowest BCUT2D eigenvalue weighted by Gasteiger charge is -2.22. The second-order valence-electron chi connectivity index (χ2n) is 9.72. The summed E-state index contributed by atoms with van der Waals surface area (Å²) in [5.41, 5.74) is 5.42. The molecule has 0 saturated carbocycles. The molecule has 0 spiro atoms. The van der Waals surface area contributed by atoms with Crippen LogP contribution in [0.3, 0.4) is 0 Å². The van der Waals surface area contributed by atoms with Gasteiger partial charge in [0, 0.05) is 12.3 Å². The third-order valence-corrected chi connectivity index (χ3v) is 5.97. The molecule has 4 heteroatoms. The number of carbonyl (C=O) groups is 2. The van der Waals surface area contributed by atoms with E-state index in [9.17, 15) is 9.59 Å². The van der Waals surface area contributed by atoms with Crippen LogP contribution < -0.4 is 10.1 Å². The van der Waals surface area contributed by atoms with E-state index in [4.69, 9.17) is 4.74 Å². The molecule has 4 nitrogen and oxygen atoms in total. The Labute approximate surface area is 196 Å². The van der Waals surface area contributed by atoms with E-state index in [1.54, 1.807) is 0 Å². The molecule has 0 bridgehead atoms. The van der Waals surface area contributed by atoms with Crippen LogP contribution in [0.25, 0.3) is 11.1 Å². The summed E-state index contributed by atoms with van der Waals surface area (Å²) in [7, 11) is 0. The van der Waals surface area contributed by atoms with Gasteiger partial charge in [-0.25, -0.2) is 0 Å². The van der Waals surface area contributed by atoms with E-state index in [0.29, 0.717) is 12.8 Å². The Morgan fingerprint density at radius 3 is 1.94 bits per heavy atom. The van der Waals surface area contributed by atoms with Crippen molar-refractivity contribution in [3.8, 4) is 16.9 Å². The Morgan fingerprint density at radius 2 is 1.42 bits per heavy atom. The zero-order valence-electron chi connectivity index (χ0n) is 19.7. The summed E-state index contributed by atoms with van der Waals surface area (Å²) in [5, 5.41) is 2.99. The summed E-state index contributed by atoms with van der Waals surface area (Å²) in [4.78, 5) is 25.4. The van der Waals surface area contributed by atoms with Gasteiger partial charge in [0.25, 0.3) is 0 Å². The maximum atomic E-state index is 13.1. The third kappa shape index (κ3) is 5.33. The summed E-state index contributed by atoms with van der Waals surface area (Å²) in [5.74, 6) is 0.622. The van der Waals surface area contributed by atoms with E-state index in [2.05, 4.69) is 29.6 Å². The largest absolute Gasteiger partial charge is 0.488 e. The van der Waals surface area contributed by atoms with Crippen molar-refractivity contribution in [2.75, 3.05) is 0 Å². The van der Waals surface area contributed by atoms with Crippen LogP contribution in [0.5, 0.6) is 5.75 Å². The molecule has 3 aromatic rings. The maximum absolute atomic E-state index is 13.1. The van der Waals surface area contributed by atoms with Crippen LogP contribution in [0.2, 0.25) is 0 Å². The number of ether oxygens (including phenoxy) is 1. The van der Waals surface area contributed by atoms with Gasteiger partial charge in [0.15, 0.2) is 5.78 Å². The predicted octanol–water partition coefficient (Wildman–Crippen LogP) is 5.68. The standard InChI is InChI=1S/C29H31NO3/c1-19(31)27(17-20-13-15-21(16-14-20)33-29(2,3)4)30-28(32)18-26-24-11-7-5-9-22(24)23-10-6-8-12-25(23)26/h5-16,26-27H,17-18H2,1-4H3,(H,30,32). The molecular formula is C29H31NO3. The van der Waals surface area contributed by atoms with E-state index >= 15 is 0 Å². The first-order valence-corrected chi connectivity index (χ1v) is 11.5. The Balaban J connectivity index is 1.45. The first-order chi connectivity index (χ1) is 15.7. The Kier molecular flexibility index (Phi) is 6.37. The van der Waals surface area contributed by atoms with Crippen LogP contribution in [0, 0.1) is 0 Å². The van der Waals surface area contributed by atoms with Crippen LogP contribution in [0.15, 0.2) is 72.8 Å². The molecule has 1 aliphatic carbocycles. The minimum Gasteiger partial charge on any atom is -0.488 e. The highest BCUT2D eigenvalue weighted by Crippen LogP contribution is 2.46. The molecule has 0 aromatic heterocycles. The first kappa shape index (κ1) is 22.8. The van der Waals surface area contributed by atoms with E-state index in [-0.39, 0.29) is 23.2 Å². The molecule has 1 aliphatic rings. The van der Waals surface area contributed by atoms with Crippen LogP contribution >= 0.6 is 0 Å². The van der Waals surface area contributed by atoms with Crippen molar-refractivity contribution < 1.29 is 14.3 Å². The van der Waals surface area contributed by atoms with Gasteiger partial charge in [-0.15, -0.1) is 0 Å². The van der Waals surface area contributed by atoms with Gasteiger partial charge in [0.05, 0.1) is 6.04 Å². The van der Waals surface area contributed by atoms with E-state index < -0.39 is 6.04 Å². The normalized spacial score (nSPS) is 13.7. The number of hydrogen-bond acceptors (Lipinski definition) is 3. The van der Waals surface area contributed by atoms with Crippen LogP contribution in [0.1, 0.15) is 56.7 Å². The number of amides is 1. The van der Waals surface area contributed by atoms with Crippen molar-refractivity contribution in [2.24, 2.45) is 0 Å². The smallest absolute Gasteiger partial charge is 0.221 e. The second-order valence-corrected chi connectivity index (χ2v) is 9.72. The Bertz CT molecular complexity index is 1110. The second kappa shape index (κ2) is 9.22. The number of nitrogens with one attached hydrogen (secondary N) is 1. The molecule has 0 saturated heterocycles. The molecule has 1 N–H and O–H groups in total. The summed E-state index contributed by atoms with van der Waals surface area (Å²) >= 11 is 0. The zero-order chi connectivity index (χ0) is 23.6. The molecule has 0 aliphatic heterocycles. The van der Waals surface area contributed by atoms with Gasteiger partial charge in [-0.05, 0) is 74.1 Å². The summed E-state index contributed by atoms with van der Waals surface area (Å²) in [6.45, 7) is 7.54. The highest BCUT2D eigenvalue weighted by molar-refractivity contribution is 5.89. The van der Waals surface area contributed by atoms with Crippen LogP contribution in [-0.4, -0.2) is 23.3 Å². The fourth-order valence-corrected chi connectivity index (χ4v) is 4.50. The van der Waals surface area contributed by atoms with E-state index in [1.165, 1.54) is 29.2 Å². The van der Waals surface area contributed by atoms with Crippen molar-refractivity contribution in [3.63, 3.8) is 0 Å². The molecule has 0 heterocycles. The number of ketones is 1. The van der Waals surface area contributed by atoms with Gasteiger partial charge in [-0.1, -0.05) is 60.7 Å². The number of benzene rings is 3. The average Bonchev–Trinajstić information content (AvgIpc) is 3.07. The molecule has 1 amide bonds. The molecule has 1 atom stereocenters. The number of hydrogen-bond donors (Lipinski definition) is 1. The molecule has 33 heavy (non-hydrogen) atoms. The lowest BCUT2D eigenvalue weighted by Crippen LogP contribution is -2.41. The Morgan fingerprint density at radius 1 is 0.879 bits per heavy atom. The number of fused-ring (bicyclic) bond motifs is 3. The number of Topliss-reactive ketones (excluding diaryl/α,β-unsaturated/α-hetero) is 1. The van der Waals surface area contributed by atoms with Crippen molar-refractivity contribution in [1.82, 2.24) is 5.32 Å². The Hall–Kier alpha value is -3.40. The van der Waals surface area contributed by atoms with Gasteiger partial charge >= 0.3 is 0 Å². The van der Waals surface area contributed by atoms with E-state index in [0.717, 1.165) is 11.3 Å². The van der Waals surface area contributed by atoms with Crippen LogP contribution in [0.4, 0.5) is 0 Å². The van der Waals surface area contributed by atoms with Gasteiger partial charge in [0.2, 0.25) is 5.91 Å². The van der Waals surface area contributed by atoms with Gasteiger partial charge in [0.1, 0.15) is 11.4 Å². The number of rotatable bonds is 7. The van der Waals surface area contributed by atoms with E-state index in [1.807, 2.05) is 69.3 Å². The lowest BCUT2D eigenvalue weighted by molar-refractivity contribution is -0.127. The van der Waals surface area contributed by atoms with Crippen LogP contribution in [-0.2, 0) is 16.0 Å². The highest BCUT2D eigenvalue weighted by atomic mass is 16.5. The van der Waals surface area contributed by atoms with Gasteiger partial charge in [-0.2, -0.15) is 0 Å². The fourth-order valence-electron chi connectivity index (χ4n) is 4.50. The first-order valence-electron chi connectivity index (χ1n) is 11.5. The molecule has 0 fully saturated rings. The third-order valence-electron chi connectivity index (χ3n) is 5.97. The zero-order valence-corrected chi connectivity index (χ0v) is 19.7. The van der Waals surface area contributed by atoms with Crippen molar-refractivity contribution in [3.05, 3.63) is 89.5 Å². The van der Waals surface area contributed by atoms with Gasteiger partial charge in [-0.3, -0.25) is 9.59 Å². The SMILES string of the molecule is CC(=O)C(Cc1ccc(OC(C)(C)C)cc1)NC(=O)CC1c2ccccc2-c2ccccc21. The molecule has 4 rings (SSSR count). The van der Waals surface area contributed by atoms with Crippen molar-refractivity contribution in [1.29, 1.82) is 0 Å². The topological polar surface area (TPSA) is 55.4 Å². The number of carbonyl (C=O) groups excluding carboxylic acids is 2. The summed E-state index contributed by atoms with van der Waals surface area (Å²) in [6.07, 6.45) is 0.769. The van der Waals surface area contributed by atoms with Gasteiger partial charge < -0.3 is 10.1 Å². The monoisotopic (exact) mass is 441 g/mol. The molecule has 0 radical (unpaired) electrons. The molecular weight excluding hydrogens is 410 g/mol. The average molecular weight is 442 g/mol. The minimum atomic E-state index is -0.557. The summed E-state index contributed by atoms with van der Waals surface area (Å²) in [6, 6.07) is 23.7. The minimum absolute atomic E-state index is 0.00108. The van der Waals surface area contributed by atoms with Crippen molar-refractivity contribution in [2.45, 2.75) is 58.1 Å². The quantitative estimate of drug-likeness (QED) is 0.513. The lowest BCUT2D eigenvalue weighted by atomic mass is 9.93. The highest BCUT2D eigenvalue weighted by Gasteiger charge is 2.30. The van der Waals surface area contributed by atoms with Crippen molar-refractivity contribution >= 4 is 11.7 Å². The molecule has 3 aromatic carbocycles. The predicted molar refractivity (Wildman–Crippen MR) is 131 cm³/mol.